The van der Waals surface area contributed by atoms with Crippen LogP contribution in [0.15, 0.2) is 18.2 Å². The number of rotatable bonds is 5. The van der Waals surface area contributed by atoms with Gasteiger partial charge in [-0.2, -0.15) is 13.2 Å². The van der Waals surface area contributed by atoms with Crippen LogP contribution in [-0.2, 0) is 16.2 Å². The summed E-state index contributed by atoms with van der Waals surface area (Å²) in [6.45, 7) is 0.176. The highest BCUT2D eigenvalue weighted by Gasteiger charge is 2.33. The summed E-state index contributed by atoms with van der Waals surface area (Å²) in [4.78, 5) is 0. The van der Waals surface area contributed by atoms with Crippen LogP contribution >= 0.6 is 11.6 Å². The molecule has 0 spiro atoms. The van der Waals surface area contributed by atoms with Crippen LogP contribution in [-0.4, -0.2) is 20.7 Å². The first kappa shape index (κ1) is 16.1. The second kappa shape index (κ2) is 5.98. The summed E-state index contributed by atoms with van der Waals surface area (Å²) in [5, 5.41) is -0.489. The van der Waals surface area contributed by atoms with Gasteiger partial charge in [-0.25, -0.2) is 8.42 Å². The van der Waals surface area contributed by atoms with Crippen molar-refractivity contribution in [3.05, 3.63) is 28.8 Å². The molecule has 0 radical (unpaired) electrons. The molecule has 0 aliphatic heterocycles. The van der Waals surface area contributed by atoms with E-state index in [1.54, 1.807) is 0 Å². The van der Waals surface area contributed by atoms with Crippen LogP contribution in [0.3, 0.4) is 0 Å². The third kappa shape index (κ3) is 4.88. The van der Waals surface area contributed by atoms with Crippen molar-refractivity contribution in [2.45, 2.75) is 12.6 Å². The van der Waals surface area contributed by atoms with Gasteiger partial charge in [-0.1, -0.05) is 11.6 Å². The Morgan fingerprint density at radius 3 is 2.47 bits per heavy atom. The fourth-order valence-electron chi connectivity index (χ4n) is 1.31. The summed E-state index contributed by atoms with van der Waals surface area (Å²) < 4.78 is 62.9. The Balaban J connectivity index is 2.98. The number of hydrogen-bond acceptors (Lipinski definition) is 3. The standard InChI is InChI=1S/C10H12ClF3N2O2S/c11-9-3-2-7(6-8(9)10(12,13)14)16-19(17,18)5-1-4-15/h2-3,6,16H,1,4-5,15H2. The molecule has 108 valence electrons. The van der Waals surface area contributed by atoms with Gasteiger partial charge < -0.3 is 5.73 Å². The molecule has 0 unspecified atom stereocenters. The molecule has 0 heterocycles. The van der Waals surface area contributed by atoms with E-state index >= 15 is 0 Å². The van der Waals surface area contributed by atoms with Gasteiger partial charge in [0.25, 0.3) is 0 Å². The first-order chi connectivity index (χ1) is 8.65. The molecule has 0 saturated heterocycles. The number of sulfonamides is 1. The van der Waals surface area contributed by atoms with Crippen LogP contribution in [0.4, 0.5) is 18.9 Å². The molecule has 0 fully saturated rings. The van der Waals surface area contributed by atoms with E-state index in [9.17, 15) is 21.6 Å². The lowest BCUT2D eigenvalue weighted by atomic mass is 10.2. The molecule has 0 aromatic heterocycles. The molecular weight excluding hydrogens is 305 g/mol. The van der Waals surface area contributed by atoms with Gasteiger partial charge in [0.05, 0.1) is 16.3 Å². The average molecular weight is 317 g/mol. The molecule has 1 aromatic rings. The molecule has 1 aromatic carbocycles. The average Bonchev–Trinajstić information content (AvgIpc) is 2.27. The predicted molar refractivity (Wildman–Crippen MR) is 67.5 cm³/mol. The molecule has 0 saturated carbocycles. The van der Waals surface area contributed by atoms with Crippen molar-refractivity contribution in [3.8, 4) is 0 Å². The summed E-state index contributed by atoms with van der Waals surface area (Å²) in [5.41, 5.74) is 3.90. The van der Waals surface area contributed by atoms with Gasteiger partial charge in [0.2, 0.25) is 10.0 Å². The topological polar surface area (TPSA) is 72.2 Å². The van der Waals surface area contributed by atoms with Gasteiger partial charge in [-0.3, -0.25) is 4.72 Å². The van der Waals surface area contributed by atoms with E-state index in [0.29, 0.717) is 6.07 Å². The van der Waals surface area contributed by atoms with Gasteiger partial charge in [0.1, 0.15) is 0 Å². The first-order valence-corrected chi connectivity index (χ1v) is 7.26. The van der Waals surface area contributed by atoms with Gasteiger partial charge >= 0.3 is 6.18 Å². The van der Waals surface area contributed by atoms with Crippen molar-refractivity contribution >= 4 is 27.3 Å². The number of nitrogens with one attached hydrogen (secondary N) is 1. The molecule has 1 rings (SSSR count). The minimum absolute atomic E-state index is 0.176. The van der Waals surface area contributed by atoms with E-state index in [1.807, 2.05) is 0 Å². The fraction of sp³-hybridized carbons (Fsp3) is 0.400. The van der Waals surface area contributed by atoms with Crippen LogP contribution in [0.1, 0.15) is 12.0 Å². The summed E-state index contributed by atoms with van der Waals surface area (Å²) >= 11 is 5.42. The number of nitrogens with two attached hydrogens (primary N) is 1. The Kier molecular flexibility index (Phi) is 5.05. The zero-order valence-electron chi connectivity index (χ0n) is 9.67. The van der Waals surface area contributed by atoms with Crippen LogP contribution in [0.5, 0.6) is 0 Å². The van der Waals surface area contributed by atoms with E-state index in [-0.39, 0.29) is 24.4 Å². The quantitative estimate of drug-likeness (QED) is 0.876. The monoisotopic (exact) mass is 316 g/mol. The molecule has 4 nitrogen and oxygen atoms in total. The van der Waals surface area contributed by atoms with Crippen LogP contribution in [0.25, 0.3) is 0 Å². The van der Waals surface area contributed by atoms with Crippen molar-refractivity contribution in [1.82, 2.24) is 0 Å². The molecular formula is C10H12ClF3N2O2S. The number of halogens is 4. The summed E-state index contributed by atoms with van der Waals surface area (Å²) in [7, 11) is -3.71. The third-order valence-electron chi connectivity index (χ3n) is 2.16. The molecule has 19 heavy (non-hydrogen) atoms. The summed E-state index contributed by atoms with van der Waals surface area (Å²) in [6.07, 6.45) is -4.43. The lowest BCUT2D eigenvalue weighted by molar-refractivity contribution is -0.137. The molecule has 9 heteroatoms. The number of anilines is 1. The summed E-state index contributed by atoms with van der Waals surface area (Å²) in [6, 6.07) is 2.81. The van der Waals surface area contributed by atoms with Crippen molar-refractivity contribution in [1.29, 1.82) is 0 Å². The Bertz CT molecular complexity index is 546. The van der Waals surface area contributed by atoms with Gasteiger partial charge in [-0.05, 0) is 31.2 Å². The largest absolute Gasteiger partial charge is 0.417 e. The minimum atomic E-state index is -4.64. The normalized spacial score (nSPS) is 12.5. The smallest absolute Gasteiger partial charge is 0.330 e. The van der Waals surface area contributed by atoms with E-state index in [1.165, 1.54) is 0 Å². The Hall–Kier alpha value is -0.990. The van der Waals surface area contributed by atoms with E-state index in [2.05, 4.69) is 4.72 Å². The second-order valence-corrected chi connectivity index (χ2v) is 6.00. The Morgan fingerprint density at radius 2 is 1.95 bits per heavy atom. The number of hydrogen-bond donors (Lipinski definition) is 2. The zero-order valence-corrected chi connectivity index (χ0v) is 11.2. The van der Waals surface area contributed by atoms with Gasteiger partial charge in [0.15, 0.2) is 0 Å². The molecule has 0 aliphatic carbocycles. The van der Waals surface area contributed by atoms with E-state index in [0.717, 1.165) is 12.1 Å². The molecule has 0 atom stereocenters. The van der Waals surface area contributed by atoms with Crippen LogP contribution < -0.4 is 10.5 Å². The third-order valence-corrected chi connectivity index (χ3v) is 3.86. The van der Waals surface area contributed by atoms with Crippen LogP contribution in [0, 0.1) is 0 Å². The Labute approximate surface area is 113 Å². The molecule has 0 amide bonds. The number of alkyl halides is 3. The van der Waals surface area contributed by atoms with E-state index in [4.69, 9.17) is 17.3 Å². The van der Waals surface area contributed by atoms with Crippen molar-refractivity contribution in [2.24, 2.45) is 5.73 Å². The highest BCUT2D eigenvalue weighted by molar-refractivity contribution is 7.92. The maximum atomic E-state index is 12.6. The fourth-order valence-corrected chi connectivity index (χ4v) is 2.67. The highest BCUT2D eigenvalue weighted by Crippen LogP contribution is 2.36. The van der Waals surface area contributed by atoms with Gasteiger partial charge in [0, 0.05) is 5.69 Å². The first-order valence-electron chi connectivity index (χ1n) is 5.23. The maximum Gasteiger partial charge on any atom is 0.417 e. The lowest BCUT2D eigenvalue weighted by Gasteiger charge is -2.12. The zero-order chi connectivity index (χ0) is 14.7. The maximum absolute atomic E-state index is 12.6. The highest BCUT2D eigenvalue weighted by atomic mass is 35.5. The molecule has 3 N–H and O–H groups in total. The summed E-state index contributed by atoms with van der Waals surface area (Å²) in [5.74, 6) is -0.256. The van der Waals surface area contributed by atoms with Crippen molar-refractivity contribution < 1.29 is 21.6 Å². The second-order valence-electron chi connectivity index (χ2n) is 3.76. The number of benzene rings is 1. The predicted octanol–water partition coefficient (Wildman–Crippen LogP) is 2.45. The van der Waals surface area contributed by atoms with Crippen molar-refractivity contribution in [2.75, 3.05) is 17.0 Å². The minimum Gasteiger partial charge on any atom is -0.330 e. The van der Waals surface area contributed by atoms with Crippen molar-refractivity contribution in [3.63, 3.8) is 0 Å². The van der Waals surface area contributed by atoms with Gasteiger partial charge in [-0.15, -0.1) is 0 Å². The van der Waals surface area contributed by atoms with Crippen LogP contribution in [0.2, 0.25) is 5.02 Å². The molecule has 0 aliphatic rings. The Morgan fingerprint density at radius 1 is 1.32 bits per heavy atom. The lowest BCUT2D eigenvalue weighted by Crippen LogP contribution is -2.19. The van der Waals surface area contributed by atoms with E-state index < -0.39 is 26.8 Å². The molecule has 0 bridgehead atoms. The SMILES string of the molecule is NCCCS(=O)(=O)Nc1ccc(Cl)c(C(F)(F)F)c1.